The van der Waals surface area contributed by atoms with Crippen LogP contribution in [0.4, 0.5) is 5.95 Å². The fourth-order valence-corrected chi connectivity index (χ4v) is 2.30. The van der Waals surface area contributed by atoms with E-state index in [4.69, 9.17) is 10.8 Å². The molecule has 5 N–H and O–H groups in total. The highest BCUT2D eigenvalue weighted by Crippen LogP contribution is 2.18. The Labute approximate surface area is 121 Å². The molecule has 2 rings (SSSR count). The summed E-state index contributed by atoms with van der Waals surface area (Å²) in [6, 6.07) is 0. The van der Waals surface area contributed by atoms with Crippen molar-refractivity contribution in [1.29, 1.82) is 0 Å². The molecule has 116 valence electrons. The summed E-state index contributed by atoms with van der Waals surface area (Å²) in [7, 11) is 0. The number of aliphatic hydroxyl groups excluding tert-OH is 1. The zero-order valence-electron chi connectivity index (χ0n) is 11.7. The molecule has 1 fully saturated rings. The number of H-pyrrole nitrogens is 1. The lowest BCUT2D eigenvalue weighted by Gasteiger charge is -2.30. The molecule has 0 saturated carbocycles. The fraction of sp³-hybridized carbons (Fsp3) is 0.667. The molecule has 2 amide bonds. The van der Waals surface area contributed by atoms with Gasteiger partial charge in [-0.15, -0.1) is 5.10 Å². The number of anilines is 1. The van der Waals surface area contributed by atoms with Crippen molar-refractivity contribution in [2.24, 2.45) is 5.92 Å². The lowest BCUT2D eigenvalue weighted by atomic mass is 9.96. The van der Waals surface area contributed by atoms with Crippen molar-refractivity contribution < 1.29 is 14.7 Å². The Bertz CT molecular complexity index is 495. The average molecular weight is 296 g/mol. The molecular weight excluding hydrogens is 276 g/mol. The van der Waals surface area contributed by atoms with Crippen LogP contribution < -0.4 is 11.1 Å². The maximum absolute atomic E-state index is 12.1. The molecule has 1 aliphatic rings. The molecule has 0 spiro atoms. The molecule has 1 aromatic heterocycles. The van der Waals surface area contributed by atoms with Gasteiger partial charge in [-0.2, -0.15) is 4.98 Å². The summed E-state index contributed by atoms with van der Waals surface area (Å²) in [5.41, 5.74) is 5.37. The van der Waals surface area contributed by atoms with E-state index in [-0.39, 0.29) is 36.1 Å². The molecule has 2 heterocycles. The summed E-state index contributed by atoms with van der Waals surface area (Å²) < 4.78 is 0. The van der Waals surface area contributed by atoms with E-state index < -0.39 is 0 Å². The van der Waals surface area contributed by atoms with Crippen LogP contribution in [-0.2, 0) is 4.79 Å². The van der Waals surface area contributed by atoms with Crippen LogP contribution in [-0.4, -0.2) is 63.2 Å². The SMILES string of the molecule is Nc1n[nH]c(C(=O)N2CCC(C(=O)NCCCO)CC2)n1. The number of aliphatic hydroxyl groups is 1. The first-order valence-electron chi connectivity index (χ1n) is 6.97. The number of hydrogen-bond donors (Lipinski definition) is 4. The summed E-state index contributed by atoms with van der Waals surface area (Å²) >= 11 is 0. The van der Waals surface area contributed by atoms with Crippen LogP contribution in [0.25, 0.3) is 0 Å². The first-order chi connectivity index (χ1) is 10.1. The second kappa shape index (κ2) is 7.02. The van der Waals surface area contributed by atoms with Gasteiger partial charge in [-0.05, 0) is 19.3 Å². The van der Waals surface area contributed by atoms with Gasteiger partial charge in [0.05, 0.1) is 0 Å². The van der Waals surface area contributed by atoms with Crippen LogP contribution in [0, 0.1) is 5.92 Å². The Morgan fingerprint density at radius 2 is 2.14 bits per heavy atom. The molecule has 1 aliphatic heterocycles. The Hall–Kier alpha value is -2.16. The Morgan fingerprint density at radius 1 is 1.43 bits per heavy atom. The maximum atomic E-state index is 12.1. The zero-order valence-corrected chi connectivity index (χ0v) is 11.7. The van der Waals surface area contributed by atoms with Gasteiger partial charge >= 0.3 is 0 Å². The highest BCUT2D eigenvalue weighted by Gasteiger charge is 2.28. The molecule has 9 heteroatoms. The van der Waals surface area contributed by atoms with E-state index in [1.54, 1.807) is 4.90 Å². The third-order valence-electron chi connectivity index (χ3n) is 3.49. The molecule has 0 atom stereocenters. The maximum Gasteiger partial charge on any atom is 0.291 e. The second-order valence-electron chi connectivity index (χ2n) is 4.98. The van der Waals surface area contributed by atoms with E-state index in [9.17, 15) is 9.59 Å². The van der Waals surface area contributed by atoms with Crippen molar-refractivity contribution in [1.82, 2.24) is 25.4 Å². The quantitative estimate of drug-likeness (QED) is 0.500. The number of amides is 2. The van der Waals surface area contributed by atoms with Gasteiger partial charge < -0.3 is 21.1 Å². The molecular formula is C12H20N6O3. The number of nitrogens with zero attached hydrogens (tertiary/aromatic N) is 3. The summed E-state index contributed by atoms with van der Waals surface area (Å²) in [6.07, 6.45) is 1.77. The van der Waals surface area contributed by atoms with Gasteiger partial charge in [0.15, 0.2) is 0 Å². The van der Waals surface area contributed by atoms with Crippen LogP contribution in [0.2, 0.25) is 0 Å². The fourth-order valence-electron chi connectivity index (χ4n) is 2.30. The second-order valence-corrected chi connectivity index (χ2v) is 4.98. The van der Waals surface area contributed by atoms with Gasteiger partial charge in [0, 0.05) is 32.2 Å². The van der Waals surface area contributed by atoms with Crippen molar-refractivity contribution in [2.45, 2.75) is 19.3 Å². The van der Waals surface area contributed by atoms with Gasteiger partial charge in [-0.3, -0.25) is 14.7 Å². The molecule has 9 nitrogen and oxygen atoms in total. The van der Waals surface area contributed by atoms with Gasteiger partial charge in [-0.1, -0.05) is 0 Å². The van der Waals surface area contributed by atoms with Gasteiger partial charge in [0.1, 0.15) is 0 Å². The molecule has 0 radical (unpaired) electrons. The van der Waals surface area contributed by atoms with E-state index >= 15 is 0 Å². The lowest BCUT2D eigenvalue weighted by molar-refractivity contribution is -0.126. The van der Waals surface area contributed by atoms with Gasteiger partial charge in [0.2, 0.25) is 17.7 Å². The predicted molar refractivity (Wildman–Crippen MR) is 74.1 cm³/mol. The first-order valence-corrected chi connectivity index (χ1v) is 6.97. The summed E-state index contributed by atoms with van der Waals surface area (Å²) in [6.45, 7) is 1.54. The number of nitrogens with one attached hydrogen (secondary N) is 2. The smallest absolute Gasteiger partial charge is 0.291 e. The highest BCUT2D eigenvalue weighted by atomic mass is 16.3. The van der Waals surface area contributed by atoms with E-state index in [0.29, 0.717) is 38.9 Å². The van der Waals surface area contributed by atoms with Crippen LogP contribution >= 0.6 is 0 Å². The number of nitrogens with two attached hydrogens (primary N) is 1. The molecule has 0 aromatic carbocycles. The van der Waals surface area contributed by atoms with Crippen LogP contribution in [0.3, 0.4) is 0 Å². The number of aromatic nitrogens is 3. The van der Waals surface area contributed by atoms with Crippen molar-refractivity contribution in [3.8, 4) is 0 Å². The number of carbonyl (C=O) groups is 2. The number of carbonyl (C=O) groups excluding carboxylic acids is 2. The number of piperidine rings is 1. The first kappa shape index (κ1) is 15.2. The van der Waals surface area contributed by atoms with Crippen molar-refractivity contribution in [3.05, 3.63) is 5.82 Å². The topological polar surface area (TPSA) is 137 Å². The van der Waals surface area contributed by atoms with E-state index in [0.717, 1.165) is 0 Å². The van der Waals surface area contributed by atoms with Crippen molar-refractivity contribution in [2.75, 3.05) is 32.0 Å². The van der Waals surface area contributed by atoms with Gasteiger partial charge in [0.25, 0.3) is 5.91 Å². The van der Waals surface area contributed by atoms with Crippen LogP contribution in [0.5, 0.6) is 0 Å². The van der Waals surface area contributed by atoms with Crippen LogP contribution in [0.15, 0.2) is 0 Å². The largest absolute Gasteiger partial charge is 0.396 e. The normalized spacial score (nSPS) is 16.0. The minimum atomic E-state index is -0.252. The minimum absolute atomic E-state index is 0.0144. The van der Waals surface area contributed by atoms with Gasteiger partial charge in [-0.25, -0.2) is 0 Å². The summed E-state index contributed by atoms with van der Waals surface area (Å²) in [5, 5.41) is 17.6. The number of rotatable bonds is 5. The lowest BCUT2D eigenvalue weighted by Crippen LogP contribution is -2.43. The number of hydrogen-bond acceptors (Lipinski definition) is 6. The molecule has 0 bridgehead atoms. The number of aromatic amines is 1. The zero-order chi connectivity index (χ0) is 15.2. The van der Waals surface area contributed by atoms with Crippen LogP contribution in [0.1, 0.15) is 29.9 Å². The Morgan fingerprint density at radius 3 is 2.71 bits per heavy atom. The molecule has 21 heavy (non-hydrogen) atoms. The molecule has 1 saturated heterocycles. The average Bonchev–Trinajstić information content (AvgIpc) is 2.93. The molecule has 0 unspecified atom stereocenters. The standard InChI is InChI=1S/C12H20N6O3/c13-12-15-9(16-17-12)11(21)18-5-2-8(3-6-18)10(20)14-4-1-7-19/h8,19H,1-7H2,(H,14,20)(H3,13,15,16,17). The van der Waals surface area contributed by atoms with E-state index in [2.05, 4.69) is 20.5 Å². The predicted octanol–water partition coefficient (Wildman–Crippen LogP) is -1.26. The monoisotopic (exact) mass is 296 g/mol. The highest BCUT2D eigenvalue weighted by molar-refractivity contribution is 5.91. The minimum Gasteiger partial charge on any atom is -0.396 e. The summed E-state index contributed by atoms with van der Waals surface area (Å²) in [5.74, 6) is -0.194. The van der Waals surface area contributed by atoms with Crippen molar-refractivity contribution >= 4 is 17.8 Å². The molecule has 1 aromatic rings. The summed E-state index contributed by atoms with van der Waals surface area (Å²) in [4.78, 5) is 29.4. The Balaban J connectivity index is 1.80. The van der Waals surface area contributed by atoms with E-state index in [1.165, 1.54) is 0 Å². The number of likely N-dealkylation sites (tertiary alicyclic amines) is 1. The van der Waals surface area contributed by atoms with E-state index in [1.807, 2.05) is 0 Å². The van der Waals surface area contributed by atoms with Crippen molar-refractivity contribution in [3.63, 3.8) is 0 Å². The third kappa shape index (κ3) is 3.91. The third-order valence-corrected chi connectivity index (χ3v) is 3.49. The molecule has 0 aliphatic carbocycles. The number of nitrogen functional groups attached to an aromatic ring is 1. The Kier molecular flexibility index (Phi) is 5.09.